The maximum absolute atomic E-state index is 12.8. The smallest absolute Gasteiger partial charge is 0.237 e. The molecule has 2 aromatic heterocycles. The summed E-state index contributed by atoms with van der Waals surface area (Å²) in [6.07, 6.45) is 3.24. The number of anilines is 2. The molecule has 0 saturated carbocycles. The van der Waals surface area contributed by atoms with Gasteiger partial charge in [-0.25, -0.2) is 4.98 Å². The van der Waals surface area contributed by atoms with E-state index in [0.717, 1.165) is 35.1 Å². The third kappa shape index (κ3) is 2.98. The van der Waals surface area contributed by atoms with Gasteiger partial charge in [-0.05, 0) is 51.3 Å². The summed E-state index contributed by atoms with van der Waals surface area (Å²) in [5.74, 6) is 0.622. The number of rotatable bonds is 6. The molecule has 0 aliphatic carbocycles. The highest BCUT2D eigenvalue weighted by atomic mass is 16.2. The minimum absolute atomic E-state index is 0.0170. The zero-order valence-electron chi connectivity index (χ0n) is 18.1. The number of amides is 2. The molecule has 3 aromatic rings. The Bertz CT molecular complexity index is 1120. The first-order valence-corrected chi connectivity index (χ1v) is 10.5. The van der Waals surface area contributed by atoms with Gasteiger partial charge in [0, 0.05) is 18.7 Å². The van der Waals surface area contributed by atoms with E-state index in [1.807, 2.05) is 46.8 Å². The molecule has 1 aliphatic heterocycles. The number of nitrogens with zero attached hydrogens (tertiary/aromatic N) is 3. The number of nitrogens with one attached hydrogen (secondary N) is 3. The molecule has 0 bridgehead atoms. The SMILES string of the molecule is CCC(CC)C(=O)Nc1c[nH]nc1-c1nc2cc3c(cc2[nH]1)C(C)(C)C(=O)N3CC. The normalized spacial score (nSPS) is 15.3. The number of hydrogen-bond donors (Lipinski definition) is 3. The molecule has 2 amide bonds. The van der Waals surface area contributed by atoms with Gasteiger partial charge in [0.1, 0.15) is 0 Å². The van der Waals surface area contributed by atoms with E-state index < -0.39 is 5.41 Å². The predicted octanol–water partition coefficient (Wildman–Crippen LogP) is 3.97. The molecule has 158 valence electrons. The zero-order valence-corrected chi connectivity index (χ0v) is 18.1. The van der Waals surface area contributed by atoms with Crippen molar-refractivity contribution in [1.29, 1.82) is 0 Å². The summed E-state index contributed by atoms with van der Waals surface area (Å²) in [4.78, 5) is 35.1. The number of H-pyrrole nitrogens is 2. The van der Waals surface area contributed by atoms with Gasteiger partial charge in [-0.3, -0.25) is 14.7 Å². The second-order valence-electron chi connectivity index (χ2n) is 8.30. The summed E-state index contributed by atoms with van der Waals surface area (Å²) in [5.41, 5.74) is 4.07. The first kappa shape index (κ1) is 20.1. The van der Waals surface area contributed by atoms with Crippen LogP contribution in [0.25, 0.3) is 22.6 Å². The summed E-state index contributed by atoms with van der Waals surface area (Å²) in [5, 5.41) is 10.1. The molecular weight excluding hydrogens is 380 g/mol. The van der Waals surface area contributed by atoms with E-state index in [-0.39, 0.29) is 17.7 Å². The van der Waals surface area contributed by atoms with Crippen LogP contribution < -0.4 is 10.2 Å². The van der Waals surface area contributed by atoms with Crippen molar-refractivity contribution < 1.29 is 9.59 Å². The van der Waals surface area contributed by atoms with E-state index in [1.54, 1.807) is 11.1 Å². The van der Waals surface area contributed by atoms with Gasteiger partial charge >= 0.3 is 0 Å². The minimum atomic E-state index is -0.578. The van der Waals surface area contributed by atoms with Crippen LogP contribution in [0.2, 0.25) is 0 Å². The van der Waals surface area contributed by atoms with Gasteiger partial charge in [0.15, 0.2) is 11.5 Å². The molecule has 0 saturated heterocycles. The van der Waals surface area contributed by atoms with E-state index in [2.05, 4.69) is 20.5 Å². The monoisotopic (exact) mass is 408 g/mol. The molecule has 8 heteroatoms. The second kappa shape index (κ2) is 7.27. The lowest BCUT2D eigenvalue weighted by Gasteiger charge is -2.18. The van der Waals surface area contributed by atoms with E-state index in [1.165, 1.54) is 0 Å². The molecule has 30 heavy (non-hydrogen) atoms. The average Bonchev–Trinajstić information content (AvgIpc) is 3.38. The van der Waals surface area contributed by atoms with E-state index in [0.29, 0.717) is 23.8 Å². The summed E-state index contributed by atoms with van der Waals surface area (Å²) in [7, 11) is 0. The van der Waals surface area contributed by atoms with Crippen molar-refractivity contribution in [1.82, 2.24) is 20.2 Å². The van der Waals surface area contributed by atoms with Gasteiger partial charge in [-0.2, -0.15) is 5.10 Å². The molecule has 0 unspecified atom stereocenters. The fraction of sp³-hybridized carbons (Fsp3) is 0.455. The molecule has 8 nitrogen and oxygen atoms in total. The molecule has 0 radical (unpaired) electrons. The fourth-order valence-corrected chi connectivity index (χ4v) is 4.22. The van der Waals surface area contributed by atoms with Crippen LogP contribution >= 0.6 is 0 Å². The lowest BCUT2D eigenvalue weighted by atomic mass is 9.86. The Morgan fingerprint density at radius 1 is 1.23 bits per heavy atom. The number of benzene rings is 1. The summed E-state index contributed by atoms with van der Waals surface area (Å²) in [6, 6.07) is 3.96. The van der Waals surface area contributed by atoms with Crippen molar-refractivity contribution in [3.8, 4) is 11.5 Å². The molecular formula is C22H28N6O2. The molecule has 4 rings (SSSR count). The van der Waals surface area contributed by atoms with Crippen molar-refractivity contribution in [3.05, 3.63) is 23.9 Å². The third-order valence-electron chi connectivity index (χ3n) is 6.14. The van der Waals surface area contributed by atoms with Crippen molar-refractivity contribution in [2.24, 2.45) is 5.92 Å². The van der Waals surface area contributed by atoms with Crippen LogP contribution in [0.5, 0.6) is 0 Å². The van der Waals surface area contributed by atoms with Crippen molar-refractivity contribution >= 4 is 34.2 Å². The van der Waals surface area contributed by atoms with Crippen LogP contribution in [0.4, 0.5) is 11.4 Å². The Morgan fingerprint density at radius 2 is 1.97 bits per heavy atom. The highest BCUT2D eigenvalue weighted by Gasteiger charge is 2.43. The maximum Gasteiger partial charge on any atom is 0.237 e. The van der Waals surface area contributed by atoms with Crippen LogP contribution in [0.1, 0.15) is 53.0 Å². The number of imidazole rings is 1. The second-order valence-corrected chi connectivity index (χ2v) is 8.30. The molecule has 0 fully saturated rings. The lowest BCUT2D eigenvalue weighted by molar-refractivity contribution is -0.122. The largest absolute Gasteiger partial charge is 0.337 e. The van der Waals surface area contributed by atoms with Gasteiger partial charge < -0.3 is 15.2 Å². The Labute approximate surface area is 175 Å². The molecule has 1 aromatic carbocycles. The Morgan fingerprint density at radius 3 is 2.63 bits per heavy atom. The number of carbonyl (C=O) groups excluding carboxylic acids is 2. The number of hydrogen-bond acceptors (Lipinski definition) is 4. The first-order chi connectivity index (χ1) is 14.3. The predicted molar refractivity (Wildman–Crippen MR) is 117 cm³/mol. The van der Waals surface area contributed by atoms with E-state index in [4.69, 9.17) is 4.98 Å². The number of carbonyl (C=O) groups is 2. The molecule has 3 heterocycles. The molecule has 0 spiro atoms. The minimum Gasteiger partial charge on any atom is -0.337 e. The Kier molecular flexibility index (Phi) is 4.88. The van der Waals surface area contributed by atoms with E-state index >= 15 is 0 Å². The number of likely N-dealkylation sites (N-methyl/N-ethyl adjacent to an activating group) is 1. The van der Waals surface area contributed by atoms with Crippen molar-refractivity contribution in [3.63, 3.8) is 0 Å². The quantitative estimate of drug-likeness (QED) is 0.573. The van der Waals surface area contributed by atoms with Crippen LogP contribution in [0.3, 0.4) is 0 Å². The lowest BCUT2D eigenvalue weighted by Crippen LogP contribution is -2.35. The standard InChI is InChI=1S/C22H28N6O2/c1-6-12(7-2)20(29)26-16-11-23-27-18(16)19-24-14-9-13-17(10-15(14)25-19)28(8-3)21(30)22(13,4)5/h9-12H,6-8H2,1-5H3,(H,23,27)(H,24,25)(H,26,29). The fourth-order valence-electron chi connectivity index (χ4n) is 4.22. The third-order valence-corrected chi connectivity index (χ3v) is 6.14. The summed E-state index contributed by atoms with van der Waals surface area (Å²) < 4.78 is 0. The van der Waals surface area contributed by atoms with Crippen LogP contribution in [-0.4, -0.2) is 38.5 Å². The van der Waals surface area contributed by atoms with Crippen LogP contribution in [0.15, 0.2) is 18.3 Å². The summed E-state index contributed by atoms with van der Waals surface area (Å²) >= 11 is 0. The maximum atomic E-state index is 12.8. The molecule has 1 aliphatic rings. The molecule has 3 N–H and O–H groups in total. The van der Waals surface area contributed by atoms with Crippen molar-refractivity contribution in [2.45, 2.75) is 52.9 Å². The zero-order chi connectivity index (χ0) is 21.6. The summed E-state index contributed by atoms with van der Waals surface area (Å²) in [6.45, 7) is 10.5. The average molecular weight is 409 g/mol. The topological polar surface area (TPSA) is 107 Å². The molecule has 0 atom stereocenters. The Hall–Kier alpha value is -3.16. The highest BCUT2D eigenvalue weighted by molar-refractivity contribution is 6.09. The number of aromatic nitrogens is 4. The highest BCUT2D eigenvalue weighted by Crippen LogP contribution is 2.43. The van der Waals surface area contributed by atoms with Gasteiger partial charge in [-0.15, -0.1) is 0 Å². The van der Waals surface area contributed by atoms with Crippen molar-refractivity contribution in [2.75, 3.05) is 16.8 Å². The van der Waals surface area contributed by atoms with Gasteiger partial charge in [0.05, 0.1) is 27.8 Å². The Balaban J connectivity index is 1.73. The van der Waals surface area contributed by atoms with E-state index in [9.17, 15) is 9.59 Å². The van der Waals surface area contributed by atoms with Gasteiger partial charge in [0.25, 0.3) is 0 Å². The first-order valence-electron chi connectivity index (χ1n) is 10.5. The van der Waals surface area contributed by atoms with Crippen LogP contribution in [0, 0.1) is 5.92 Å². The number of aromatic amines is 2. The van der Waals surface area contributed by atoms with Gasteiger partial charge in [-0.1, -0.05) is 13.8 Å². The number of fused-ring (bicyclic) bond motifs is 2. The van der Waals surface area contributed by atoms with Gasteiger partial charge in [0.2, 0.25) is 11.8 Å². The van der Waals surface area contributed by atoms with Crippen LogP contribution in [-0.2, 0) is 15.0 Å².